The smallest absolute Gasteiger partial charge is 0.341 e. The number of carboxylic acids is 1. The van der Waals surface area contributed by atoms with E-state index in [2.05, 4.69) is 20.2 Å². The summed E-state index contributed by atoms with van der Waals surface area (Å²) in [5.41, 5.74) is 1.48. The second kappa shape index (κ2) is 4.65. The monoisotopic (exact) mass is 287 g/mol. The molecule has 8 heteroatoms. The summed E-state index contributed by atoms with van der Waals surface area (Å²) in [6, 6.07) is 1.74. The van der Waals surface area contributed by atoms with E-state index >= 15 is 0 Å². The third-order valence-electron chi connectivity index (χ3n) is 3.05. The minimum atomic E-state index is -1.08. The van der Waals surface area contributed by atoms with Crippen molar-refractivity contribution in [3.8, 4) is 11.5 Å². The third kappa shape index (κ3) is 2.14. The summed E-state index contributed by atoms with van der Waals surface area (Å²) in [6.45, 7) is 5.69. The molecule has 0 amide bonds. The molecule has 108 valence electrons. The van der Waals surface area contributed by atoms with Crippen LogP contribution in [0, 0.1) is 6.92 Å². The van der Waals surface area contributed by atoms with Crippen LogP contribution in [-0.4, -0.2) is 35.8 Å². The first-order chi connectivity index (χ1) is 9.97. The van der Waals surface area contributed by atoms with Crippen molar-refractivity contribution in [1.29, 1.82) is 0 Å². The number of hydrogen-bond acceptors (Lipinski definition) is 6. The maximum atomic E-state index is 11.2. The molecule has 0 aromatic carbocycles. The fourth-order valence-electron chi connectivity index (χ4n) is 1.95. The maximum Gasteiger partial charge on any atom is 0.341 e. The first-order valence-corrected chi connectivity index (χ1v) is 6.40. The number of hydrogen-bond donors (Lipinski definition) is 1. The zero-order valence-corrected chi connectivity index (χ0v) is 11.7. The number of aryl methyl sites for hydroxylation is 1. The van der Waals surface area contributed by atoms with Gasteiger partial charge in [-0.15, -0.1) is 0 Å². The van der Waals surface area contributed by atoms with E-state index in [1.165, 1.54) is 10.7 Å². The fraction of sp³-hybridized carbons (Fsp3) is 0.308. The molecule has 8 nitrogen and oxygen atoms in total. The fourth-order valence-corrected chi connectivity index (χ4v) is 1.95. The van der Waals surface area contributed by atoms with Gasteiger partial charge in [0.15, 0.2) is 5.65 Å². The highest BCUT2D eigenvalue weighted by molar-refractivity contribution is 5.94. The lowest BCUT2D eigenvalue weighted by molar-refractivity contribution is 0.0699. The predicted octanol–water partition coefficient (Wildman–Crippen LogP) is 1.91. The number of aromatic carboxylic acids is 1. The van der Waals surface area contributed by atoms with E-state index in [9.17, 15) is 4.79 Å². The van der Waals surface area contributed by atoms with Crippen LogP contribution in [0.15, 0.2) is 16.8 Å². The van der Waals surface area contributed by atoms with E-state index in [-0.39, 0.29) is 17.1 Å². The zero-order valence-electron chi connectivity index (χ0n) is 11.7. The van der Waals surface area contributed by atoms with Crippen molar-refractivity contribution in [3.63, 3.8) is 0 Å². The molecule has 0 aliphatic heterocycles. The Labute approximate surface area is 119 Å². The molecule has 1 N–H and O–H groups in total. The molecular formula is C13H13N5O3. The van der Waals surface area contributed by atoms with Crippen LogP contribution in [0.2, 0.25) is 0 Å². The van der Waals surface area contributed by atoms with Crippen LogP contribution in [0.4, 0.5) is 0 Å². The lowest BCUT2D eigenvalue weighted by atomic mass is 10.2. The SMILES string of the molecule is Cc1cc(-c2noc(C(C)C)n2)nc2c(C(=O)O)cnn12. The zero-order chi connectivity index (χ0) is 15.1. The van der Waals surface area contributed by atoms with Crippen LogP contribution in [0.25, 0.3) is 17.2 Å². The minimum absolute atomic E-state index is 0.0347. The summed E-state index contributed by atoms with van der Waals surface area (Å²) < 4.78 is 6.62. The predicted molar refractivity (Wildman–Crippen MR) is 72.1 cm³/mol. The van der Waals surface area contributed by atoms with Crippen LogP contribution in [-0.2, 0) is 0 Å². The van der Waals surface area contributed by atoms with Crippen molar-refractivity contribution in [2.24, 2.45) is 0 Å². The summed E-state index contributed by atoms with van der Waals surface area (Å²) in [7, 11) is 0. The van der Waals surface area contributed by atoms with Crippen molar-refractivity contribution in [2.75, 3.05) is 0 Å². The van der Waals surface area contributed by atoms with Gasteiger partial charge >= 0.3 is 5.97 Å². The molecule has 3 heterocycles. The average Bonchev–Trinajstić information content (AvgIpc) is 3.05. The molecule has 3 aromatic rings. The Morgan fingerprint density at radius 2 is 2.14 bits per heavy atom. The second-order valence-electron chi connectivity index (χ2n) is 4.99. The highest BCUT2D eigenvalue weighted by Crippen LogP contribution is 2.21. The third-order valence-corrected chi connectivity index (χ3v) is 3.05. The molecular weight excluding hydrogens is 274 g/mol. The number of rotatable bonds is 3. The van der Waals surface area contributed by atoms with Gasteiger partial charge in [0, 0.05) is 11.6 Å². The van der Waals surface area contributed by atoms with Crippen molar-refractivity contribution < 1.29 is 14.4 Å². The van der Waals surface area contributed by atoms with E-state index < -0.39 is 5.97 Å². The normalized spacial score (nSPS) is 11.4. The maximum absolute atomic E-state index is 11.2. The standard InChI is InChI=1S/C13H13N5O3/c1-6(2)12-16-10(17-21-12)9-4-7(3)18-11(15-9)8(5-14-18)13(19)20/h4-6H,1-3H3,(H,19,20). The Morgan fingerprint density at radius 1 is 1.38 bits per heavy atom. The van der Waals surface area contributed by atoms with Gasteiger partial charge in [-0.2, -0.15) is 10.1 Å². The van der Waals surface area contributed by atoms with Gasteiger partial charge in [-0.05, 0) is 13.0 Å². The van der Waals surface area contributed by atoms with E-state index in [1.54, 1.807) is 13.0 Å². The number of aromatic nitrogens is 5. The van der Waals surface area contributed by atoms with E-state index in [1.807, 2.05) is 13.8 Å². The van der Waals surface area contributed by atoms with Crippen LogP contribution in [0.1, 0.15) is 41.7 Å². The molecule has 0 spiro atoms. The van der Waals surface area contributed by atoms with E-state index in [0.717, 1.165) is 5.69 Å². The summed E-state index contributed by atoms with van der Waals surface area (Å²) in [6.07, 6.45) is 1.28. The lowest BCUT2D eigenvalue weighted by Gasteiger charge is -2.01. The van der Waals surface area contributed by atoms with Gasteiger partial charge in [-0.25, -0.2) is 14.3 Å². The first kappa shape index (κ1) is 13.2. The van der Waals surface area contributed by atoms with Crippen LogP contribution in [0.3, 0.4) is 0 Å². The summed E-state index contributed by atoms with van der Waals surface area (Å²) in [5, 5.41) is 17.1. The van der Waals surface area contributed by atoms with Crippen molar-refractivity contribution in [2.45, 2.75) is 26.7 Å². The summed E-state index contributed by atoms with van der Waals surface area (Å²) >= 11 is 0. The van der Waals surface area contributed by atoms with Crippen molar-refractivity contribution in [3.05, 3.63) is 29.4 Å². The van der Waals surface area contributed by atoms with Gasteiger partial charge < -0.3 is 9.63 Å². The van der Waals surface area contributed by atoms with Gasteiger partial charge in [0.1, 0.15) is 11.3 Å². The number of carbonyl (C=O) groups is 1. The molecule has 21 heavy (non-hydrogen) atoms. The van der Waals surface area contributed by atoms with Crippen molar-refractivity contribution in [1.82, 2.24) is 24.7 Å². The van der Waals surface area contributed by atoms with Crippen LogP contribution in [0.5, 0.6) is 0 Å². The molecule has 3 rings (SSSR count). The van der Waals surface area contributed by atoms with Gasteiger partial charge in [0.25, 0.3) is 0 Å². The molecule has 0 radical (unpaired) electrons. The number of fused-ring (bicyclic) bond motifs is 1. The Bertz CT molecular complexity index is 834. The van der Waals surface area contributed by atoms with Gasteiger partial charge in [0.2, 0.25) is 11.7 Å². The average molecular weight is 287 g/mol. The van der Waals surface area contributed by atoms with Crippen molar-refractivity contribution >= 4 is 11.6 Å². The summed E-state index contributed by atoms with van der Waals surface area (Å²) in [4.78, 5) is 19.7. The molecule has 0 bridgehead atoms. The molecule has 0 aliphatic rings. The highest BCUT2D eigenvalue weighted by atomic mass is 16.5. The van der Waals surface area contributed by atoms with Crippen LogP contribution < -0.4 is 0 Å². The molecule has 0 unspecified atom stereocenters. The highest BCUT2D eigenvalue weighted by Gasteiger charge is 2.18. The van der Waals surface area contributed by atoms with Gasteiger partial charge in [0.05, 0.1) is 6.20 Å². The van der Waals surface area contributed by atoms with E-state index in [0.29, 0.717) is 17.4 Å². The first-order valence-electron chi connectivity index (χ1n) is 6.40. The molecule has 0 saturated carbocycles. The number of carboxylic acid groups (broad SMARTS) is 1. The van der Waals surface area contributed by atoms with Crippen LogP contribution >= 0.6 is 0 Å². The van der Waals surface area contributed by atoms with Gasteiger partial charge in [-0.3, -0.25) is 0 Å². The molecule has 0 saturated heterocycles. The Morgan fingerprint density at radius 3 is 2.76 bits per heavy atom. The minimum Gasteiger partial charge on any atom is -0.477 e. The largest absolute Gasteiger partial charge is 0.477 e. The Balaban J connectivity index is 2.18. The topological polar surface area (TPSA) is 106 Å². The summed E-state index contributed by atoms with van der Waals surface area (Å²) in [5.74, 6) is -0.121. The number of nitrogens with zero attached hydrogens (tertiary/aromatic N) is 5. The molecule has 3 aromatic heterocycles. The van der Waals surface area contributed by atoms with E-state index in [4.69, 9.17) is 9.63 Å². The van der Waals surface area contributed by atoms with Gasteiger partial charge in [-0.1, -0.05) is 19.0 Å². The Hall–Kier alpha value is -2.77. The second-order valence-corrected chi connectivity index (χ2v) is 4.99. The molecule has 0 aliphatic carbocycles. The quantitative estimate of drug-likeness (QED) is 0.784. The molecule has 0 fully saturated rings. The molecule has 0 atom stereocenters. The Kier molecular flexibility index (Phi) is 2.93. The lowest BCUT2D eigenvalue weighted by Crippen LogP contribution is -2.02.